The normalized spacial score (nSPS) is 30.6. The van der Waals surface area contributed by atoms with Gasteiger partial charge in [-0.15, -0.1) is 0 Å². The van der Waals surface area contributed by atoms with Crippen LogP contribution < -0.4 is 10.5 Å². The predicted molar refractivity (Wildman–Crippen MR) is 73.1 cm³/mol. The van der Waals surface area contributed by atoms with Gasteiger partial charge in [-0.05, 0) is 31.9 Å². The minimum atomic E-state index is -0.909. The van der Waals surface area contributed by atoms with Crippen LogP contribution in [0.3, 0.4) is 0 Å². The van der Waals surface area contributed by atoms with E-state index in [1.54, 1.807) is 13.8 Å². The predicted octanol–water partition coefficient (Wildman–Crippen LogP) is 1.97. The largest absolute Gasteiger partial charge is 0.450 e. The fourth-order valence-corrected chi connectivity index (χ4v) is 2.76. The summed E-state index contributed by atoms with van der Waals surface area (Å²) in [5.74, 6) is -0.873. The van der Waals surface area contributed by atoms with Crippen molar-refractivity contribution in [1.82, 2.24) is 9.97 Å². The molecular weight excluding hydrogens is 277 g/mol. The Morgan fingerprint density at radius 2 is 2.19 bits per heavy atom. The Morgan fingerprint density at radius 3 is 2.86 bits per heavy atom. The maximum absolute atomic E-state index is 14.5. The molecule has 2 heterocycles. The van der Waals surface area contributed by atoms with Gasteiger partial charge in [-0.2, -0.15) is 4.98 Å². The molecule has 6 nitrogen and oxygen atoms in total. The molecule has 7 heteroatoms. The van der Waals surface area contributed by atoms with E-state index in [4.69, 9.17) is 19.9 Å². The van der Waals surface area contributed by atoms with Gasteiger partial charge in [-0.1, -0.05) is 6.92 Å². The Balaban J connectivity index is 1.89. The van der Waals surface area contributed by atoms with Gasteiger partial charge in [-0.25, -0.2) is 9.37 Å². The van der Waals surface area contributed by atoms with E-state index in [0.29, 0.717) is 12.0 Å². The quantitative estimate of drug-likeness (QED) is 0.918. The summed E-state index contributed by atoms with van der Waals surface area (Å²) in [7, 11) is 0. The lowest BCUT2D eigenvalue weighted by atomic mass is 10.1. The molecule has 2 aliphatic rings. The Kier molecular flexibility index (Phi) is 3.33. The summed E-state index contributed by atoms with van der Waals surface area (Å²) < 4.78 is 31.6. The highest BCUT2D eigenvalue weighted by Crippen LogP contribution is 2.44. The third-order valence-corrected chi connectivity index (χ3v) is 3.60. The van der Waals surface area contributed by atoms with E-state index in [1.807, 2.05) is 6.92 Å². The zero-order chi connectivity index (χ0) is 15.2. The van der Waals surface area contributed by atoms with Gasteiger partial charge in [0.05, 0.1) is 0 Å². The first kappa shape index (κ1) is 14.2. The number of ether oxygens (including phenoxy) is 3. The van der Waals surface area contributed by atoms with E-state index in [1.165, 1.54) is 12.3 Å². The molecule has 0 spiro atoms. The van der Waals surface area contributed by atoms with Crippen molar-refractivity contribution in [3.05, 3.63) is 23.7 Å². The maximum Gasteiger partial charge on any atom is 0.319 e. The number of hydrogen-bond donors (Lipinski definition) is 1. The molecule has 0 radical (unpaired) electrons. The van der Waals surface area contributed by atoms with Crippen LogP contribution in [0, 0.1) is 0 Å². The van der Waals surface area contributed by atoms with Gasteiger partial charge in [0.25, 0.3) is 0 Å². The molecule has 0 saturated carbocycles. The molecule has 0 bridgehead atoms. The third-order valence-electron chi connectivity index (χ3n) is 3.60. The molecule has 114 valence electrons. The van der Waals surface area contributed by atoms with Crippen LogP contribution in [0.2, 0.25) is 0 Å². The lowest BCUT2D eigenvalue weighted by molar-refractivity contribution is -0.153. The smallest absolute Gasteiger partial charge is 0.319 e. The molecule has 1 fully saturated rings. The van der Waals surface area contributed by atoms with E-state index in [2.05, 4.69) is 9.97 Å². The van der Waals surface area contributed by atoms with Gasteiger partial charge in [0.15, 0.2) is 11.9 Å². The van der Waals surface area contributed by atoms with Crippen LogP contribution in [-0.2, 0) is 9.47 Å². The monoisotopic (exact) mass is 295 g/mol. The second-order valence-electron chi connectivity index (χ2n) is 5.55. The Labute approximate surface area is 122 Å². The van der Waals surface area contributed by atoms with Crippen molar-refractivity contribution in [2.75, 3.05) is 5.73 Å². The summed E-state index contributed by atoms with van der Waals surface area (Å²) in [6.07, 6.45) is 0.108. The zero-order valence-electron chi connectivity index (χ0n) is 12.2. The average Bonchev–Trinajstić information content (AvgIpc) is 2.82. The van der Waals surface area contributed by atoms with Crippen molar-refractivity contribution >= 4 is 5.82 Å². The molecule has 0 aromatic carbocycles. The fraction of sp³-hybridized carbons (Fsp3) is 0.571. The summed E-state index contributed by atoms with van der Waals surface area (Å²) in [4.78, 5) is 7.87. The van der Waals surface area contributed by atoms with Gasteiger partial charge in [0, 0.05) is 6.20 Å². The van der Waals surface area contributed by atoms with E-state index in [0.717, 1.165) is 0 Å². The number of aromatic nitrogens is 2. The molecule has 3 rings (SSSR count). The first-order valence-corrected chi connectivity index (χ1v) is 6.90. The van der Waals surface area contributed by atoms with Crippen molar-refractivity contribution in [2.24, 2.45) is 0 Å². The van der Waals surface area contributed by atoms with Crippen LogP contribution in [0.5, 0.6) is 6.01 Å². The number of rotatable bonds is 3. The first-order valence-electron chi connectivity index (χ1n) is 6.90. The molecule has 1 aromatic rings. The summed E-state index contributed by atoms with van der Waals surface area (Å²) >= 11 is 0. The van der Waals surface area contributed by atoms with Crippen molar-refractivity contribution < 1.29 is 18.6 Å². The molecular formula is C14H18FN3O3. The second kappa shape index (κ2) is 4.92. The molecule has 1 aliphatic heterocycles. The number of nitrogen functional groups attached to an aromatic ring is 1. The SMILES string of the molecule is CCC1=C(F)[C@@H](Oc2nccc(N)n2)[C@@H]2OC(C)(C)O[C@H]12. The van der Waals surface area contributed by atoms with Crippen LogP contribution in [0.4, 0.5) is 10.2 Å². The van der Waals surface area contributed by atoms with Gasteiger partial charge < -0.3 is 19.9 Å². The molecule has 1 aromatic heterocycles. The van der Waals surface area contributed by atoms with Crippen LogP contribution >= 0.6 is 0 Å². The molecule has 0 unspecified atom stereocenters. The van der Waals surface area contributed by atoms with Gasteiger partial charge in [0.1, 0.15) is 23.9 Å². The zero-order valence-corrected chi connectivity index (χ0v) is 12.2. The Bertz CT molecular complexity index is 591. The number of halogens is 1. The van der Waals surface area contributed by atoms with E-state index < -0.39 is 24.1 Å². The Morgan fingerprint density at radius 1 is 1.43 bits per heavy atom. The minimum Gasteiger partial charge on any atom is -0.450 e. The third kappa shape index (κ3) is 2.47. The fourth-order valence-electron chi connectivity index (χ4n) is 2.76. The summed E-state index contributed by atoms with van der Waals surface area (Å²) in [6.45, 7) is 5.47. The van der Waals surface area contributed by atoms with E-state index >= 15 is 0 Å². The highest BCUT2D eigenvalue weighted by molar-refractivity contribution is 5.31. The first-order chi connectivity index (χ1) is 9.91. The Hall–Kier alpha value is -1.73. The summed E-state index contributed by atoms with van der Waals surface area (Å²) in [5, 5.41) is 0. The number of anilines is 1. The topological polar surface area (TPSA) is 79.5 Å². The molecule has 0 amide bonds. The van der Waals surface area contributed by atoms with Crippen molar-refractivity contribution in [2.45, 2.75) is 51.3 Å². The van der Waals surface area contributed by atoms with E-state index in [-0.39, 0.29) is 17.7 Å². The molecule has 21 heavy (non-hydrogen) atoms. The van der Waals surface area contributed by atoms with E-state index in [9.17, 15) is 4.39 Å². The molecule has 3 atom stereocenters. The van der Waals surface area contributed by atoms with Crippen molar-refractivity contribution in [3.63, 3.8) is 0 Å². The molecule has 1 saturated heterocycles. The number of nitrogens with zero attached hydrogens (tertiary/aromatic N) is 2. The van der Waals surface area contributed by atoms with Crippen molar-refractivity contribution in [1.29, 1.82) is 0 Å². The lowest BCUT2D eigenvalue weighted by Gasteiger charge is -2.21. The molecule has 2 N–H and O–H groups in total. The van der Waals surface area contributed by atoms with Crippen LogP contribution in [0.1, 0.15) is 27.2 Å². The standard InChI is InChI=1S/C14H18FN3O3/c1-4-7-9(15)11(12-10(7)20-14(2,3)21-12)19-13-17-6-5-8(16)18-13/h5-6,10-12H,4H2,1-3H3,(H2,16,17,18)/t10-,11-,12-/m1/s1. The molecule has 1 aliphatic carbocycles. The second-order valence-corrected chi connectivity index (χ2v) is 5.55. The van der Waals surface area contributed by atoms with Crippen LogP contribution in [-0.4, -0.2) is 34.1 Å². The van der Waals surface area contributed by atoms with Crippen molar-refractivity contribution in [3.8, 4) is 6.01 Å². The number of fused-ring (bicyclic) bond motifs is 1. The highest BCUT2D eigenvalue weighted by atomic mass is 19.1. The number of nitrogens with two attached hydrogens (primary N) is 1. The summed E-state index contributed by atoms with van der Waals surface area (Å²) in [5.41, 5.74) is 6.15. The minimum absolute atomic E-state index is 0.0274. The lowest BCUT2D eigenvalue weighted by Crippen LogP contribution is -2.35. The summed E-state index contributed by atoms with van der Waals surface area (Å²) in [6, 6.07) is 1.56. The average molecular weight is 295 g/mol. The van der Waals surface area contributed by atoms with Gasteiger partial charge >= 0.3 is 6.01 Å². The van der Waals surface area contributed by atoms with Crippen LogP contribution in [0.25, 0.3) is 0 Å². The highest BCUT2D eigenvalue weighted by Gasteiger charge is 2.54. The maximum atomic E-state index is 14.5. The number of hydrogen-bond acceptors (Lipinski definition) is 6. The van der Waals surface area contributed by atoms with Gasteiger partial charge in [0.2, 0.25) is 0 Å². The van der Waals surface area contributed by atoms with Crippen LogP contribution in [0.15, 0.2) is 23.7 Å². The van der Waals surface area contributed by atoms with Gasteiger partial charge in [-0.3, -0.25) is 0 Å².